The predicted molar refractivity (Wildman–Crippen MR) is 122 cm³/mol. The summed E-state index contributed by atoms with van der Waals surface area (Å²) in [4.78, 5) is 59.1. The Bertz CT molecular complexity index is 1140. The molecule has 0 radical (unpaired) electrons. The molecule has 11 heteroatoms. The lowest BCUT2D eigenvalue weighted by Crippen LogP contribution is -2.41. The summed E-state index contributed by atoms with van der Waals surface area (Å²) in [5, 5.41) is 5.77. The number of H-pyrrole nitrogens is 1. The van der Waals surface area contributed by atoms with Gasteiger partial charge in [0.25, 0.3) is 5.56 Å². The molecule has 33 heavy (non-hydrogen) atoms. The smallest absolute Gasteiger partial charge is 0.309 e. The van der Waals surface area contributed by atoms with E-state index in [1.165, 1.54) is 0 Å². The van der Waals surface area contributed by atoms with Crippen molar-refractivity contribution >= 4 is 46.8 Å². The van der Waals surface area contributed by atoms with Crippen LogP contribution in [0.1, 0.15) is 37.7 Å². The molecule has 0 spiro atoms. The van der Waals surface area contributed by atoms with E-state index in [2.05, 4.69) is 20.6 Å². The second kappa shape index (κ2) is 9.62. The molecule has 0 saturated carbocycles. The van der Waals surface area contributed by atoms with Gasteiger partial charge in [-0.1, -0.05) is 17.7 Å². The van der Waals surface area contributed by atoms with Crippen LogP contribution in [0, 0.1) is 5.92 Å². The zero-order valence-corrected chi connectivity index (χ0v) is 18.8. The molecule has 0 aliphatic carbocycles. The second-order valence-corrected chi connectivity index (χ2v) is 8.41. The Balaban J connectivity index is 1.54. The van der Waals surface area contributed by atoms with E-state index < -0.39 is 23.3 Å². The van der Waals surface area contributed by atoms with E-state index in [-0.39, 0.29) is 35.6 Å². The average molecular weight is 474 g/mol. The number of carbonyl (C=O) groups is 3. The summed E-state index contributed by atoms with van der Waals surface area (Å²) in [5.41, 5.74) is 0.0820. The van der Waals surface area contributed by atoms with Crippen molar-refractivity contribution in [3.05, 3.63) is 45.2 Å². The molecule has 1 fully saturated rings. The number of amides is 2. The number of aromatic nitrogens is 2. The lowest BCUT2D eigenvalue weighted by Gasteiger charge is -2.32. The normalized spacial score (nSPS) is 18.3. The molecule has 2 amide bonds. The number of benzene rings is 1. The molecule has 1 aromatic carbocycles. The van der Waals surface area contributed by atoms with Crippen LogP contribution in [0.3, 0.4) is 0 Å². The minimum absolute atomic E-state index is 0.0729. The maximum atomic E-state index is 13.0. The van der Waals surface area contributed by atoms with Crippen molar-refractivity contribution in [3.63, 3.8) is 0 Å². The summed E-state index contributed by atoms with van der Waals surface area (Å²) in [7, 11) is 0. The van der Waals surface area contributed by atoms with Crippen LogP contribution in [0.2, 0.25) is 5.02 Å². The number of halogens is 1. The van der Waals surface area contributed by atoms with Gasteiger partial charge in [-0.15, -0.1) is 0 Å². The molecular formula is C22H24ClN5O5. The minimum Gasteiger partial charge on any atom is -0.466 e. The first kappa shape index (κ1) is 22.8. The lowest BCUT2D eigenvalue weighted by molar-refractivity contribution is -0.148. The van der Waals surface area contributed by atoms with Crippen molar-refractivity contribution in [1.82, 2.24) is 9.97 Å². The van der Waals surface area contributed by atoms with E-state index in [4.69, 9.17) is 16.3 Å². The van der Waals surface area contributed by atoms with Gasteiger partial charge in [-0.25, -0.2) is 0 Å². The largest absolute Gasteiger partial charge is 0.466 e. The molecule has 10 nitrogen and oxygen atoms in total. The van der Waals surface area contributed by atoms with Crippen LogP contribution in [-0.4, -0.2) is 47.4 Å². The number of nitrogens with one attached hydrogen (secondary N) is 3. The molecule has 174 valence electrons. The first-order valence-corrected chi connectivity index (χ1v) is 11.2. The van der Waals surface area contributed by atoms with E-state index in [9.17, 15) is 19.2 Å². The number of carbonyl (C=O) groups excluding carboxylic acids is 3. The fraction of sp³-hybridized carbons (Fsp3) is 0.409. The molecule has 2 aliphatic heterocycles. The van der Waals surface area contributed by atoms with E-state index in [1.54, 1.807) is 31.2 Å². The Kier molecular flexibility index (Phi) is 6.64. The Morgan fingerprint density at radius 3 is 2.73 bits per heavy atom. The second-order valence-electron chi connectivity index (χ2n) is 7.97. The highest BCUT2D eigenvalue weighted by molar-refractivity contribution is 6.30. The quantitative estimate of drug-likeness (QED) is 0.567. The first-order chi connectivity index (χ1) is 15.9. The van der Waals surface area contributed by atoms with Gasteiger partial charge in [0.05, 0.1) is 24.0 Å². The van der Waals surface area contributed by atoms with Gasteiger partial charge in [-0.2, -0.15) is 4.98 Å². The highest BCUT2D eigenvalue weighted by Gasteiger charge is 2.36. The number of esters is 1. The van der Waals surface area contributed by atoms with Gasteiger partial charge < -0.3 is 20.3 Å². The number of fused-ring (bicyclic) bond motifs is 1. The van der Waals surface area contributed by atoms with E-state index in [0.717, 1.165) is 0 Å². The van der Waals surface area contributed by atoms with Gasteiger partial charge in [0.1, 0.15) is 5.82 Å². The summed E-state index contributed by atoms with van der Waals surface area (Å²) < 4.78 is 5.09. The Morgan fingerprint density at radius 2 is 2.03 bits per heavy atom. The van der Waals surface area contributed by atoms with Crippen molar-refractivity contribution in [1.29, 1.82) is 0 Å². The molecule has 0 unspecified atom stereocenters. The van der Waals surface area contributed by atoms with Crippen LogP contribution >= 0.6 is 11.6 Å². The number of rotatable bonds is 5. The monoisotopic (exact) mass is 473 g/mol. The minimum atomic E-state index is -0.993. The van der Waals surface area contributed by atoms with Crippen LogP contribution in [0.4, 0.5) is 17.5 Å². The summed E-state index contributed by atoms with van der Waals surface area (Å²) in [5.74, 6) is -1.94. The van der Waals surface area contributed by atoms with Crippen LogP contribution < -0.4 is 21.1 Å². The van der Waals surface area contributed by atoms with Crippen molar-refractivity contribution in [2.75, 3.05) is 35.2 Å². The Hall–Kier alpha value is -3.40. The lowest BCUT2D eigenvalue weighted by atomic mass is 9.92. The molecule has 4 rings (SSSR count). The molecule has 1 atom stereocenters. The SMILES string of the molecule is CCOC(=O)C1CCN(c2nc3c(c(=O)[nH]2)[C@@H](C(=O)Nc2cccc(Cl)c2)CC(=O)N3)CC1. The van der Waals surface area contributed by atoms with Crippen molar-refractivity contribution in [3.8, 4) is 0 Å². The van der Waals surface area contributed by atoms with Crippen LogP contribution in [-0.2, 0) is 19.1 Å². The molecule has 2 aliphatic rings. The molecule has 3 heterocycles. The van der Waals surface area contributed by atoms with E-state index >= 15 is 0 Å². The van der Waals surface area contributed by atoms with E-state index in [1.807, 2.05) is 4.90 Å². The third-order valence-corrected chi connectivity index (χ3v) is 6.00. The van der Waals surface area contributed by atoms with Gasteiger partial charge in [0.2, 0.25) is 17.8 Å². The maximum Gasteiger partial charge on any atom is 0.309 e. The molecular weight excluding hydrogens is 450 g/mol. The topological polar surface area (TPSA) is 133 Å². The molecule has 1 aromatic heterocycles. The van der Waals surface area contributed by atoms with E-state index in [0.29, 0.717) is 43.2 Å². The van der Waals surface area contributed by atoms with Crippen LogP contribution in [0.25, 0.3) is 0 Å². The predicted octanol–water partition coefficient (Wildman–Crippen LogP) is 2.27. The van der Waals surface area contributed by atoms with Gasteiger partial charge in [0.15, 0.2) is 0 Å². The number of nitrogens with zero attached hydrogens (tertiary/aromatic N) is 2. The highest BCUT2D eigenvalue weighted by atomic mass is 35.5. The summed E-state index contributed by atoms with van der Waals surface area (Å²) in [6.07, 6.45) is 0.960. The Labute approximate surface area is 194 Å². The molecule has 2 aromatic rings. The zero-order chi connectivity index (χ0) is 23.5. The first-order valence-electron chi connectivity index (χ1n) is 10.8. The van der Waals surface area contributed by atoms with Gasteiger partial charge in [-0.3, -0.25) is 24.2 Å². The zero-order valence-electron chi connectivity index (χ0n) is 18.0. The fourth-order valence-corrected chi connectivity index (χ4v) is 4.31. The number of ether oxygens (including phenoxy) is 1. The summed E-state index contributed by atoms with van der Waals surface area (Å²) >= 11 is 5.97. The third kappa shape index (κ3) is 5.00. The number of hydrogen-bond donors (Lipinski definition) is 3. The number of piperidine rings is 1. The van der Waals surface area contributed by atoms with Gasteiger partial charge in [0, 0.05) is 30.2 Å². The highest BCUT2D eigenvalue weighted by Crippen LogP contribution is 2.31. The van der Waals surface area contributed by atoms with Crippen molar-refractivity contribution in [2.24, 2.45) is 5.92 Å². The van der Waals surface area contributed by atoms with Crippen LogP contribution in [0.5, 0.6) is 0 Å². The molecule has 0 bridgehead atoms. The number of hydrogen-bond acceptors (Lipinski definition) is 7. The van der Waals surface area contributed by atoms with Crippen molar-refractivity contribution in [2.45, 2.75) is 32.1 Å². The van der Waals surface area contributed by atoms with Gasteiger partial charge >= 0.3 is 5.97 Å². The average Bonchev–Trinajstić information content (AvgIpc) is 2.78. The van der Waals surface area contributed by atoms with Crippen LogP contribution in [0.15, 0.2) is 29.1 Å². The summed E-state index contributed by atoms with van der Waals surface area (Å²) in [6.45, 7) is 3.10. The maximum absolute atomic E-state index is 13.0. The Morgan fingerprint density at radius 1 is 1.27 bits per heavy atom. The summed E-state index contributed by atoms with van der Waals surface area (Å²) in [6, 6.07) is 6.60. The molecule has 3 N–H and O–H groups in total. The number of anilines is 3. The number of aromatic amines is 1. The third-order valence-electron chi connectivity index (χ3n) is 5.76. The van der Waals surface area contributed by atoms with Crippen molar-refractivity contribution < 1.29 is 19.1 Å². The molecule has 1 saturated heterocycles. The van der Waals surface area contributed by atoms with Gasteiger partial charge in [-0.05, 0) is 38.0 Å². The fourth-order valence-electron chi connectivity index (χ4n) is 4.12. The standard InChI is InChI=1S/C22H24ClN5O5/c1-2-33-21(32)12-6-8-28(9-7-12)22-26-18-17(20(31)27-22)15(11-16(29)25-18)19(30)24-14-5-3-4-13(23)10-14/h3-5,10,12,15H,2,6-9,11H2,1H3,(H,24,30)(H2,25,26,27,29,31)/t15-/m0/s1.